The topological polar surface area (TPSA) is 42.0 Å². The standard InChI is InChI=1S/C17H13FN2O/c18-15-10-16-13(7-4-8-19-16)9-14(15)17(21)20-11-12-5-2-1-3-6-12/h1-10H,11H2,(H,20,21). The molecule has 0 aliphatic rings. The van der Waals surface area contributed by atoms with Crippen LogP contribution in [0.3, 0.4) is 0 Å². The van der Waals surface area contributed by atoms with Gasteiger partial charge in [-0.2, -0.15) is 0 Å². The molecule has 0 aliphatic carbocycles. The Morgan fingerprint density at radius 1 is 1.10 bits per heavy atom. The number of carbonyl (C=O) groups excluding carboxylic acids is 1. The molecule has 1 aromatic heterocycles. The molecule has 3 aromatic rings. The molecule has 1 N–H and O–H groups in total. The fourth-order valence-corrected chi connectivity index (χ4v) is 2.14. The molecule has 1 amide bonds. The zero-order valence-electron chi connectivity index (χ0n) is 11.2. The molecule has 0 aliphatic heterocycles. The maximum atomic E-state index is 14.0. The third-order valence-corrected chi connectivity index (χ3v) is 3.23. The van der Waals surface area contributed by atoms with Gasteiger partial charge in [-0.3, -0.25) is 9.78 Å². The van der Waals surface area contributed by atoms with Crippen LogP contribution in [0, 0.1) is 5.82 Å². The Morgan fingerprint density at radius 2 is 1.90 bits per heavy atom. The zero-order chi connectivity index (χ0) is 14.7. The average molecular weight is 280 g/mol. The minimum Gasteiger partial charge on any atom is -0.348 e. The van der Waals surface area contributed by atoms with Crippen molar-refractivity contribution in [2.24, 2.45) is 0 Å². The first-order chi connectivity index (χ1) is 10.2. The van der Waals surface area contributed by atoms with E-state index in [9.17, 15) is 9.18 Å². The Hall–Kier alpha value is -2.75. The molecule has 0 fully saturated rings. The van der Waals surface area contributed by atoms with Crippen LogP contribution in [0.5, 0.6) is 0 Å². The summed E-state index contributed by atoms with van der Waals surface area (Å²) < 4.78 is 14.0. The first kappa shape index (κ1) is 13.2. The van der Waals surface area contributed by atoms with Crippen molar-refractivity contribution in [3.8, 4) is 0 Å². The van der Waals surface area contributed by atoms with Gasteiger partial charge in [0.25, 0.3) is 5.91 Å². The van der Waals surface area contributed by atoms with E-state index in [1.807, 2.05) is 30.3 Å². The summed E-state index contributed by atoms with van der Waals surface area (Å²) in [5.41, 5.74) is 1.54. The van der Waals surface area contributed by atoms with Gasteiger partial charge < -0.3 is 5.32 Å². The highest BCUT2D eigenvalue weighted by molar-refractivity contribution is 5.98. The van der Waals surface area contributed by atoms with E-state index in [4.69, 9.17) is 0 Å². The van der Waals surface area contributed by atoms with Crippen LogP contribution in [0.4, 0.5) is 4.39 Å². The third kappa shape index (κ3) is 2.89. The van der Waals surface area contributed by atoms with Gasteiger partial charge in [-0.05, 0) is 17.7 Å². The molecule has 1 heterocycles. The summed E-state index contributed by atoms with van der Waals surface area (Å²) in [7, 11) is 0. The molecular weight excluding hydrogens is 267 g/mol. The normalized spacial score (nSPS) is 10.5. The Bertz CT molecular complexity index is 787. The number of nitrogens with zero attached hydrogens (tertiary/aromatic N) is 1. The van der Waals surface area contributed by atoms with E-state index in [-0.39, 0.29) is 5.56 Å². The van der Waals surface area contributed by atoms with E-state index >= 15 is 0 Å². The Labute approximate surface area is 121 Å². The quantitative estimate of drug-likeness (QED) is 0.799. The summed E-state index contributed by atoms with van der Waals surface area (Å²) in [5.74, 6) is -0.992. The van der Waals surface area contributed by atoms with E-state index in [0.717, 1.165) is 10.9 Å². The number of nitrogens with one attached hydrogen (secondary N) is 1. The summed E-state index contributed by atoms with van der Waals surface area (Å²) in [4.78, 5) is 16.2. The number of halogens is 1. The smallest absolute Gasteiger partial charge is 0.254 e. The lowest BCUT2D eigenvalue weighted by molar-refractivity contribution is 0.0947. The molecule has 0 atom stereocenters. The zero-order valence-corrected chi connectivity index (χ0v) is 11.2. The van der Waals surface area contributed by atoms with Crippen molar-refractivity contribution in [2.75, 3.05) is 0 Å². The van der Waals surface area contributed by atoms with Crippen molar-refractivity contribution >= 4 is 16.8 Å². The molecule has 104 valence electrons. The SMILES string of the molecule is O=C(NCc1ccccc1)c1cc2cccnc2cc1F. The molecule has 21 heavy (non-hydrogen) atoms. The monoisotopic (exact) mass is 280 g/mol. The summed E-state index contributed by atoms with van der Waals surface area (Å²) >= 11 is 0. The molecule has 2 aromatic carbocycles. The molecule has 0 bridgehead atoms. The van der Waals surface area contributed by atoms with Crippen LogP contribution in [0.2, 0.25) is 0 Å². The Balaban J connectivity index is 1.82. The van der Waals surface area contributed by atoms with Crippen molar-refractivity contribution in [1.29, 1.82) is 0 Å². The number of rotatable bonds is 3. The van der Waals surface area contributed by atoms with E-state index in [1.165, 1.54) is 12.1 Å². The summed E-state index contributed by atoms with van der Waals surface area (Å²) in [5, 5.41) is 3.46. The number of benzene rings is 2. The van der Waals surface area contributed by atoms with Gasteiger partial charge >= 0.3 is 0 Å². The maximum absolute atomic E-state index is 14.0. The van der Waals surface area contributed by atoms with Gasteiger partial charge in [0, 0.05) is 24.2 Å². The Kier molecular flexibility index (Phi) is 3.60. The highest BCUT2D eigenvalue weighted by Gasteiger charge is 2.13. The van der Waals surface area contributed by atoms with E-state index in [0.29, 0.717) is 12.1 Å². The van der Waals surface area contributed by atoms with Crippen LogP contribution in [0.15, 0.2) is 60.8 Å². The summed E-state index contributed by atoms with van der Waals surface area (Å²) in [6.45, 7) is 0.365. The van der Waals surface area contributed by atoms with Gasteiger partial charge in [0.2, 0.25) is 0 Å². The van der Waals surface area contributed by atoms with E-state index in [1.54, 1.807) is 18.3 Å². The van der Waals surface area contributed by atoms with Gasteiger partial charge in [-0.1, -0.05) is 36.4 Å². The number of hydrogen-bond donors (Lipinski definition) is 1. The van der Waals surface area contributed by atoms with Crippen molar-refractivity contribution in [1.82, 2.24) is 10.3 Å². The number of hydrogen-bond acceptors (Lipinski definition) is 2. The van der Waals surface area contributed by atoms with Crippen LogP contribution in [0.1, 0.15) is 15.9 Å². The first-order valence-corrected chi connectivity index (χ1v) is 6.60. The number of pyridine rings is 1. The second-order valence-electron chi connectivity index (χ2n) is 4.70. The van der Waals surface area contributed by atoms with E-state index < -0.39 is 11.7 Å². The largest absolute Gasteiger partial charge is 0.348 e. The van der Waals surface area contributed by atoms with Crippen LogP contribution in [-0.4, -0.2) is 10.9 Å². The predicted molar refractivity (Wildman–Crippen MR) is 79.3 cm³/mol. The number of aromatic nitrogens is 1. The number of carbonyl (C=O) groups is 1. The van der Waals surface area contributed by atoms with Crippen LogP contribution in [0.25, 0.3) is 10.9 Å². The van der Waals surface area contributed by atoms with Crippen molar-refractivity contribution in [2.45, 2.75) is 6.54 Å². The second-order valence-corrected chi connectivity index (χ2v) is 4.70. The minimum atomic E-state index is -0.563. The third-order valence-electron chi connectivity index (χ3n) is 3.23. The molecule has 3 rings (SSSR count). The van der Waals surface area contributed by atoms with Crippen molar-refractivity contribution < 1.29 is 9.18 Å². The fraction of sp³-hybridized carbons (Fsp3) is 0.0588. The number of fused-ring (bicyclic) bond motifs is 1. The lowest BCUT2D eigenvalue weighted by Gasteiger charge is -2.07. The molecule has 0 spiro atoms. The maximum Gasteiger partial charge on any atom is 0.254 e. The average Bonchev–Trinajstić information content (AvgIpc) is 2.53. The molecule has 0 radical (unpaired) electrons. The number of amides is 1. The van der Waals surface area contributed by atoms with Crippen molar-refractivity contribution in [3.05, 3.63) is 77.7 Å². The van der Waals surface area contributed by atoms with Gasteiger partial charge in [-0.25, -0.2) is 4.39 Å². The van der Waals surface area contributed by atoms with Gasteiger partial charge in [0.1, 0.15) is 5.82 Å². The highest BCUT2D eigenvalue weighted by Crippen LogP contribution is 2.17. The lowest BCUT2D eigenvalue weighted by Crippen LogP contribution is -2.23. The summed E-state index contributed by atoms with van der Waals surface area (Å²) in [6, 6.07) is 15.9. The Morgan fingerprint density at radius 3 is 2.71 bits per heavy atom. The van der Waals surface area contributed by atoms with Crippen LogP contribution in [-0.2, 0) is 6.54 Å². The summed E-state index contributed by atoms with van der Waals surface area (Å²) in [6.07, 6.45) is 1.59. The second kappa shape index (κ2) is 5.71. The van der Waals surface area contributed by atoms with Crippen LogP contribution >= 0.6 is 0 Å². The predicted octanol–water partition coefficient (Wildman–Crippen LogP) is 3.30. The molecular formula is C17H13FN2O. The lowest BCUT2D eigenvalue weighted by atomic mass is 10.1. The molecule has 3 nitrogen and oxygen atoms in total. The van der Waals surface area contributed by atoms with Gasteiger partial charge in [0.15, 0.2) is 0 Å². The fourth-order valence-electron chi connectivity index (χ4n) is 2.14. The van der Waals surface area contributed by atoms with Gasteiger partial charge in [0.05, 0.1) is 11.1 Å². The molecule has 0 unspecified atom stereocenters. The minimum absolute atomic E-state index is 0.0337. The van der Waals surface area contributed by atoms with Crippen LogP contribution < -0.4 is 5.32 Å². The van der Waals surface area contributed by atoms with E-state index in [2.05, 4.69) is 10.3 Å². The molecule has 0 saturated heterocycles. The van der Waals surface area contributed by atoms with Crippen molar-refractivity contribution in [3.63, 3.8) is 0 Å². The van der Waals surface area contributed by atoms with Gasteiger partial charge in [-0.15, -0.1) is 0 Å². The first-order valence-electron chi connectivity index (χ1n) is 6.60. The highest BCUT2D eigenvalue weighted by atomic mass is 19.1. The molecule has 0 saturated carbocycles. The molecule has 4 heteroatoms.